The number of rotatable bonds is 2. The Bertz CT molecular complexity index is 1140. The molecule has 136 valence electrons. The van der Waals surface area contributed by atoms with Crippen LogP contribution < -0.4 is 16.0 Å². The van der Waals surface area contributed by atoms with Crippen LogP contribution in [-0.4, -0.2) is 40.6 Å². The van der Waals surface area contributed by atoms with Crippen molar-refractivity contribution in [1.82, 2.24) is 20.3 Å². The summed E-state index contributed by atoms with van der Waals surface area (Å²) < 4.78 is 5.45. The zero-order valence-electron chi connectivity index (χ0n) is 15.0. The minimum absolute atomic E-state index is 0.182. The molecule has 1 saturated heterocycles. The van der Waals surface area contributed by atoms with Gasteiger partial charge in [-0.2, -0.15) is 4.98 Å². The summed E-state index contributed by atoms with van der Waals surface area (Å²) in [5, 5.41) is 3.45. The topological polar surface area (TPSA) is 93.1 Å². The summed E-state index contributed by atoms with van der Waals surface area (Å²) in [6, 6.07) is 12.6. The lowest BCUT2D eigenvalue weighted by molar-refractivity contribution is 0.482. The van der Waals surface area contributed by atoms with E-state index in [4.69, 9.17) is 15.1 Å². The molecule has 27 heavy (non-hydrogen) atoms. The van der Waals surface area contributed by atoms with Crippen molar-refractivity contribution in [2.75, 3.05) is 30.3 Å². The van der Waals surface area contributed by atoms with Gasteiger partial charge in [0.05, 0.1) is 17.2 Å². The first kappa shape index (κ1) is 16.0. The number of nitrogen functional groups attached to an aromatic ring is 1. The lowest BCUT2D eigenvalue weighted by atomic mass is 10.0. The van der Waals surface area contributed by atoms with Gasteiger partial charge in [0.15, 0.2) is 5.58 Å². The van der Waals surface area contributed by atoms with Gasteiger partial charge in [-0.25, -0.2) is 4.98 Å². The van der Waals surface area contributed by atoms with E-state index in [0.717, 1.165) is 53.1 Å². The average molecular weight is 360 g/mol. The van der Waals surface area contributed by atoms with Crippen LogP contribution >= 0.6 is 0 Å². The van der Waals surface area contributed by atoms with Gasteiger partial charge in [-0.1, -0.05) is 12.1 Å². The van der Waals surface area contributed by atoms with Crippen molar-refractivity contribution in [3.63, 3.8) is 0 Å². The molecule has 0 aliphatic carbocycles. The molecule has 4 aromatic rings. The quantitative estimate of drug-likeness (QED) is 0.568. The van der Waals surface area contributed by atoms with Crippen LogP contribution in [-0.2, 0) is 0 Å². The van der Waals surface area contributed by atoms with E-state index in [1.54, 1.807) is 0 Å². The minimum atomic E-state index is 0.182. The Labute approximate surface area is 156 Å². The van der Waals surface area contributed by atoms with Crippen LogP contribution in [0, 0.1) is 0 Å². The van der Waals surface area contributed by atoms with Crippen LogP contribution in [0.15, 0.2) is 47.0 Å². The van der Waals surface area contributed by atoms with Gasteiger partial charge in [0.25, 0.3) is 6.01 Å². The highest BCUT2D eigenvalue weighted by Gasteiger charge is 2.17. The van der Waals surface area contributed by atoms with E-state index in [-0.39, 0.29) is 6.01 Å². The second-order valence-electron chi connectivity index (χ2n) is 6.97. The average Bonchev–Trinajstić information content (AvgIpc) is 3.06. The van der Waals surface area contributed by atoms with Gasteiger partial charge in [0, 0.05) is 25.7 Å². The summed E-state index contributed by atoms with van der Waals surface area (Å²) in [6.07, 6.45) is 1.86. The lowest BCUT2D eigenvalue weighted by Gasteiger charge is -2.32. The number of oxazole rings is 1. The number of piperazine rings is 1. The highest BCUT2D eigenvalue weighted by Crippen LogP contribution is 2.28. The molecule has 3 N–H and O–H groups in total. The predicted molar refractivity (Wildman–Crippen MR) is 107 cm³/mol. The van der Waals surface area contributed by atoms with Gasteiger partial charge in [-0.15, -0.1) is 0 Å². The Kier molecular flexibility index (Phi) is 3.68. The second-order valence-corrected chi connectivity index (χ2v) is 6.97. The number of hydrogen-bond acceptors (Lipinski definition) is 7. The molecule has 7 heteroatoms. The summed E-state index contributed by atoms with van der Waals surface area (Å²) in [5.74, 6) is 0.923. The maximum atomic E-state index is 5.65. The molecule has 1 atom stereocenters. The number of fused-ring (bicyclic) bond motifs is 2. The molecule has 0 saturated carbocycles. The molecular formula is C20H20N6O. The number of hydrogen-bond donors (Lipinski definition) is 2. The fraction of sp³-hybridized carbons (Fsp3) is 0.250. The van der Waals surface area contributed by atoms with Crippen molar-refractivity contribution < 1.29 is 4.42 Å². The molecule has 3 heterocycles. The van der Waals surface area contributed by atoms with Crippen LogP contribution in [0.5, 0.6) is 0 Å². The van der Waals surface area contributed by atoms with Crippen molar-refractivity contribution in [3.05, 3.63) is 42.6 Å². The van der Waals surface area contributed by atoms with E-state index in [0.29, 0.717) is 11.6 Å². The smallest absolute Gasteiger partial charge is 0.292 e. The molecule has 7 nitrogen and oxygen atoms in total. The molecule has 0 radical (unpaired) electrons. The number of nitrogens with zero attached hydrogens (tertiary/aromatic N) is 4. The summed E-state index contributed by atoms with van der Waals surface area (Å²) in [6.45, 7) is 5.02. The lowest BCUT2D eigenvalue weighted by Crippen LogP contribution is -2.49. The van der Waals surface area contributed by atoms with E-state index in [9.17, 15) is 0 Å². The number of aromatic nitrogens is 3. The van der Waals surface area contributed by atoms with E-state index in [2.05, 4.69) is 33.2 Å². The van der Waals surface area contributed by atoms with Crippen molar-refractivity contribution >= 4 is 34.0 Å². The first-order chi connectivity index (χ1) is 13.2. The minimum Gasteiger partial charge on any atom is -0.424 e. The molecule has 1 aliphatic heterocycles. The normalized spacial score (nSPS) is 17.7. The van der Waals surface area contributed by atoms with Crippen molar-refractivity contribution in [3.8, 4) is 11.1 Å². The van der Waals surface area contributed by atoms with E-state index < -0.39 is 0 Å². The number of nitrogens with two attached hydrogens (primary N) is 1. The maximum Gasteiger partial charge on any atom is 0.292 e. The largest absolute Gasteiger partial charge is 0.424 e. The van der Waals surface area contributed by atoms with Crippen LogP contribution in [0.4, 0.5) is 11.8 Å². The van der Waals surface area contributed by atoms with Gasteiger partial charge in [0.1, 0.15) is 11.3 Å². The molecule has 0 spiro atoms. The first-order valence-corrected chi connectivity index (χ1v) is 9.07. The first-order valence-electron chi connectivity index (χ1n) is 9.07. The highest BCUT2D eigenvalue weighted by molar-refractivity contribution is 5.86. The molecule has 1 aliphatic rings. The van der Waals surface area contributed by atoms with E-state index >= 15 is 0 Å². The molecule has 0 unspecified atom stereocenters. The standard InChI is InChI=1S/C20H20N6O/c1-12-11-26(7-6-22-12)19-10-23-15-4-2-13(8-17(15)24-19)14-3-5-16-18(9-14)27-20(21)25-16/h2-5,8-10,12,22H,6-7,11H2,1H3,(H2,21,25)/t12-/m0/s1. The Balaban J connectivity index is 1.54. The zero-order valence-corrected chi connectivity index (χ0v) is 15.0. The second kappa shape index (κ2) is 6.21. The number of benzene rings is 2. The Morgan fingerprint density at radius 1 is 1.07 bits per heavy atom. The molecular weight excluding hydrogens is 340 g/mol. The van der Waals surface area contributed by atoms with Crippen molar-refractivity contribution in [2.45, 2.75) is 13.0 Å². The Hall–Kier alpha value is -3.19. The fourth-order valence-corrected chi connectivity index (χ4v) is 3.60. The third kappa shape index (κ3) is 2.96. The van der Waals surface area contributed by atoms with Crippen molar-refractivity contribution in [2.24, 2.45) is 0 Å². The summed E-state index contributed by atoms with van der Waals surface area (Å²) in [7, 11) is 0. The SMILES string of the molecule is C[C@H]1CN(c2cnc3ccc(-c4ccc5nc(N)oc5c4)cc3n2)CCN1. The van der Waals surface area contributed by atoms with E-state index in [1.807, 2.05) is 36.5 Å². The van der Waals surface area contributed by atoms with Crippen molar-refractivity contribution in [1.29, 1.82) is 0 Å². The van der Waals surface area contributed by atoms with Crippen LogP contribution in [0.1, 0.15) is 6.92 Å². The molecule has 5 rings (SSSR count). The van der Waals surface area contributed by atoms with Crippen LogP contribution in [0.2, 0.25) is 0 Å². The summed E-state index contributed by atoms with van der Waals surface area (Å²) in [5.41, 5.74) is 10.9. The molecule has 0 amide bonds. The number of nitrogens with one attached hydrogen (secondary N) is 1. The van der Waals surface area contributed by atoms with Gasteiger partial charge >= 0.3 is 0 Å². The van der Waals surface area contributed by atoms with Crippen LogP contribution in [0.25, 0.3) is 33.3 Å². The summed E-state index contributed by atoms with van der Waals surface area (Å²) >= 11 is 0. The molecule has 2 aromatic heterocycles. The van der Waals surface area contributed by atoms with Gasteiger partial charge < -0.3 is 20.4 Å². The van der Waals surface area contributed by atoms with Gasteiger partial charge in [-0.3, -0.25) is 4.98 Å². The molecule has 0 bridgehead atoms. The molecule has 1 fully saturated rings. The fourth-order valence-electron chi connectivity index (χ4n) is 3.60. The molecule has 2 aromatic carbocycles. The predicted octanol–water partition coefficient (Wildman–Crippen LogP) is 2.82. The van der Waals surface area contributed by atoms with Gasteiger partial charge in [0.2, 0.25) is 0 Å². The highest BCUT2D eigenvalue weighted by atomic mass is 16.4. The third-order valence-electron chi connectivity index (χ3n) is 4.96. The van der Waals surface area contributed by atoms with E-state index in [1.165, 1.54) is 0 Å². The van der Waals surface area contributed by atoms with Crippen LogP contribution in [0.3, 0.4) is 0 Å². The third-order valence-corrected chi connectivity index (χ3v) is 4.96. The Morgan fingerprint density at radius 2 is 1.89 bits per heavy atom. The maximum absolute atomic E-state index is 5.65. The Morgan fingerprint density at radius 3 is 2.74 bits per heavy atom. The summed E-state index contributed by atoms with van der Waals surface area (Å²) in [4.78, 5) is 15.9. The number of anilines is 2. The van der Waals surface area contributed by atoms with Gasteiger partial charge in [-0.05, 0) is 42.3 Å². The monoisotopic (exact) mass is 360 g/mol. The zero-order chi connectivity index (χ0) is 18.4.